The number of nitrogens with one attached hydrogen (secondary N) is 1. The van der Waals surface area contributed by atoms with Crippen molar-refractivity contribution < 1.29 is 8.78 Å². The van der Waals surface area contributed by atoms with Gasteiger partial charge in [-0.05, 0) is 37.9 Å². The zero-order valence-electron chi connectivity index (χ0n) is 10.5. The van der Waals surface area contributed by atoms with E-state index in [2.05, 4.69) is 10.2 Å². The zero-order chi connectivity index (χ0) is 12.7. The minimum atomic E-state index is -0.750. The number of benzene rings is 1. The second-order valence-electron chi connectivity index (χ2n) is 5.45. The fourth-order valence-corrected chi connectivity index (χ4v) is 3.25. The first kappa shape index (κ1) is 12.1. The molecular formula is C14H18F2N2. The van der Waals surface area contributed by atoms with Gasteiger partial charge in [0.1, 0.15) is 0 Å². The summed E-state index contributed by atoms with van der Waals surface area (Å²) in [7, 11) is 0. The Morgan fingerprint density at radius 1 is 1.22 bits per heavy atom. The lowest BCUT2D eigenvalue weighted by Crippen LogP contribution is -2.29. The van der Waals surface area contributed by atoms with Crippen molar-refractivity contribution >= 4 is 0 Å². The SMILES string of the molecule is CC(c1cccc(F)c1F)N1C[C@H]2CNC[C@H]2C1. The van der Waals surface area contributed by atoms with Crippen molar-refractivity contribution in [1.82, 2.24) is 10.2 Å². The largest absolute Gasteiger partial charge is 0.316 e. The maximum atomic E-state index is 13.8. The van der Waals surface area contributed by atoms with E-state index < -0.39 is 11.6 Å². The molecule has 1 N–H and O–H groups in total. The minimum absolute atomic E-state index is 0.0497. The van der Waals surface area contributed by atoms with Gasteiger partial charge in [-0.15, -0.1) is 0 Å². The molecule has 1 unspecified atom stereocenters. The molecule has 0 saturated carbocycles. The molecule has 1 aromatic rings. The van der Waals surface area contributed by atoms with Gasteiger partial charge in [-0.25, -0.2) is 8.78 Å². The minimum Gasteiger partial charge on any atom is -0.316 e. The Morgan fingerprint density at radius 2 is 1.89 bits per heavy atom. The first-order valence-corrected chi connectivity index (χ1v) is 6.55. The molecule has 2 nitrogen and oxygen atoms in total. The third kappa shape index (κ3) is 1.93. The third-order valence-corrected chi connectivity index (χ3v) is 4.40. The molecule has 3 rings (SSSR count). The van der Waals surface area contributed by atoms with Crippen LogP contribution < -0.4 is 5.32 Å². The van der Waals surface area contributed by atoms with Gasteiger partial charge in [0.25, 0.3) is 0 Å². The number of fused-ring (bicyclic) bond motifs is 1. The normalized spacial score (nSPS) is 29.5. The van der Waals surface area contributed by atoms with Gasteiger partial charge in [-0.1, -0.05) is 12.1 Å². The lowest BCUT2D eigenvalue weighted by molar-refractivity contribution is 0.237. The molecule has 0 aromatic heterocycles. The van der Waals surface area contributed by atoms with Crippen LogP contribution in [0.15, 0.2) is 18.2 Å². The van der Waals surface area contributed by atoms with Crippen LogP contribution in [0, 0.1) is 23.5 Å². The molecule has 0 radical (unpaired) electrons. The quantitative estimate of drug-likeness (QED) is 0.868. The van der Waals surface area contributed by atoms with Crippen molar-refractivity contribution in [2.24, 2.45) is 11.8 Å². The highest BCUT2D eigenvalue weighted by molar-refractivity contribution is 5.22. The summed E-state index contributed by atoms with van der Waals surface area (Å²) in [6, 6.07) is 4.40. The summed E-state index contributed by atoms with van der Waals surface area (Å²) in [6.45, 7) is 6.04. The summed E-state index contributed by atoms with van der Waals surface area (Å²) in [5.41, 5.74) is 0.475. The lowest BCUT2D eigenvalue weighted by Gasteiger charge is -2.26. The topological polar surface area (TPSA) is 15.3 Å². The van der Waals surface area contributed by atoms with Gasteiger partial charge in [0, 0.05) is 24.7 Å². The third-order valence-electron chi connectivity index (χ3n) is 4.40. The van der Waals surface area contributed by atoms with E-state index in [1.807, 2.05) is 6.92 Å². The fourth-order valence-electron chi connectivity index (χ4n) is 3.25. The van der Waals surface area contributed by atoms with E-state index in [1.54, 1.807) is 12.1 Å². The molecule has 98 valence electrons. The highest BCUT2D eigenvalue weighted by Crippen LogP contribution is 2.33. The Labute approximate surface area is 106 Å². The molecule has 2 aliphatic rings. The summed E-state index contributed by atoms with van der Waals surface area (Å²) in [5, 5.41) is 3.38. The Kier molecular flexibility index (Phi) is 3.08. The van der Waals surface area contributed by atoms with E-state index in [4.69, 9.17) is 0 Å². The Balaban J connectivity index is 1.79. The van der Waals surface area contributed by atoms with Crippen LogP contribution in [0.25, 0.3) is 0 Å². The van der Waals surface area contributed by atoms with Gasteiger partial charge in [0.15, 0.2) is 11.6 Å². The molecule has 18 heavy (non-hydrogen) atoms. The van der Waals surface area contributed by atoms with Crippen LogP contribution >= 0.6 is 0 Å². The lowest BCUT2D eigenvalue weighted by atomic mass is 10.0. The average Bonchev–Trinajstić information content (AvgIpc) is 2.92. The first-order chi connectivity index (χ1) is 8.66. The van der Waals surface area contributed by atoms with E-state index in [0.717, 1.165) is 26.2 Å². The molecule has 3 atom stereocenters. The van der Waals surface area contributed by atoms with Gasteiger partial charge in [0.05, 0.1) is 0 Å². The highest BCUT2D eigenvalue weighted by atomic mass is 19.2. The zero-order valence-corrected chi connectivity index (χ0v) is 10.5. The number of rotatable bonds is 2. The molecular weight excluding hydrogens is 234 g/mol. The van der Waals surface area contributed by atoms with Crippen molar-refractivity contribution in [1.29, 1.82) is 0 Å². The summed E-state index contributed by atoms with van der Waals surface area (Å²) < 4.78 is 27.0. The fraction of sp³-hybridized carbons (Fsp3) is 0.571. The second-order valence-corrected chi connectivity index (χ2v) is 5.45. The van der Waals surface area contributed by atoms with Crippen molar-refractivity contribution in [2.75, 3.05) is 26.2 Å². The summed E-state index contributed by atoms with van der Waals surface area (Å²) in [6.07, 6.45) is 0. The summed E-state index contributed by atoms with van der Waals surface area (Å²) in [4.78, 5) is 2.27. The molecule has 2 heterocycles. The molecule has 4 heteroatoms. The Morgan fingerprint density at radius 3 is 2.56 bits per heavy atom. The van der Waals surface area contributed by atoms with Gasteiger partial charge in [-0.3, -0.25) is 4.90 Å². The summed E-state index contributed by atoms with van der Waals surface area (Å²) >= 11 is 0. The van der Waals surface area contributed by atoms with E-state index in [-0.39, 0.29) is 6.04 Å². The van der Waals surface area contributed by atoms with Gasteiger partial charge in [-0.2, -0.15) is 0 Å². The van der Waals surface area contributed by atoms with E-state index in [1.165, 1.54) is 6.07 Å². The predicted octanol–water partition coefficient (Wildman–Crippen LogP) is 2.18. The van der Waals surface area contributed by atoms with Crippen molar-refractivity contribution in [2.45, 2.75) is 13.0 Å². The highest BCUT2D eigenvalue weighted by Gasteiger charge is 2.38. The maximum Gasteiger partial charge on any atom is 0.163 e. The smallest absolute Gasteiger partial charge is 0.163 e. The van der Waals surface area contributed by atoms with Crippen LogP contribution in [-0.2, 0) is 0 Å². The van der Waals surface area contributed by atoms with Gasteiger partial charge < -0.3 is 5.32 Å². The Hall–Kier alpha value is -1.00. The molecule has 2 saturated heterocycles. The van der Waals surface area contributed by atoms with Crippen LogP contribution in [0.5, 0.6) is 0 Å². The first-order valence-electron chi connectivity index (χ1n) is 6.55. The molecule has 0 amide bonds. The van der Waals surface area contributed by atoms with Gasteiger partial charge >= 0.3 is 0 Å². The molecule has 2 fully saturated rings. The van der Waals surface area contributed by atoms with E-state index >= 15 is 0 Å². The van der Waals surface area contributed by atoms with Crippen LogP contribution in [0.3, 0.4) is 0 Å². The van der Waals surface area contributed by atoms with Crippen molar-refractivity contribution in [3.8, 4) is 0 Å². The van der Waals surface area contributed by atoms with Crippen molar-refractivity contribution in [3.63, 3.8) is 0 Å². The molecule has 1 aromatic carbocycles. The van der Waals surface area contributed by atoms with E-state index in [9.17, 15) is 8.78 Å². The second kappa shape index (κ2) is 4.59. The number of nitrogens with zero attached hydrogens (tertiary/aromatic N) is 1. The number of likely N-dealkylation sites (tertiary alicyclic amines) is 1. The maximum absolute atomic E-state index is 13.8. The molecule has 2 aliphatic heterocycles. The molecule has 0 aliphatic carbocycles. The number of halogens is 2. The summed E-state index contributed by atoms with van der Waals surface area (Å²) in [5.74, 6) is -0.103. The van der Waals surface area contributed by atoms with Crippen LogP contribution in [-0.4, -0.2) is 31.1 Å². The standard InChI is InChI=1S/C14H18F2N2/c1-9(12-3-2-4-13(15)14(12)16)18-7-10-5-17-6-11(10)8-18/h2-4,9-11,17H,5-8H2,1H3/t9?,10-,11+. The Bertz CT molecular complexity index is 437. The van der Waals surface area contributed by atoms with Crippen LogP contribution in [0.2, 0.25) is 0 Å². The molecule has 0 spiro atoms. The number of hydrogen-bond donors (Lipinski definition) is 1. The monoisotopic (exact) mass is 252 g/mol. The van der Waals surface area contributed by atoms with Gasteiger partial charge in [0.2, 0.25) is 0 Å². The van der Waals surface area contributed by atoms with Crippen molar-refractivity contribution in [3.05, 3.63) is 35.4 Å². The van der Waals surface area contributed by atoms with E-state index in [0.29, 0.717) is 17.4 Å². The average molecular weight is 252 g/mol. The molecule has 0 bridgehead atoms. The van der Waals surface area contributed by atoms with Crippen LogP contribution in [0.4, 0.5) is 8.78 Å². The van der Waals surface area contributed by atoms with Crippen LogP contribution in [0.1, 0.15) is 18.5 Å². The predicted molar refractivity (Wildman–Crippen MR) is 66.2 cm³/mol. The number of hydrogen-bond acceptors (Lipinski definition) is 2.